The number of thioether (sulfide) groups is 1. The number of phenolic OH excluding ortho intramolecular Hbond substituents is 1. The summed E-state index contributed by atoms with van der Waals surface area (Å²) < 4.78 is 13.4. The number of benzene rings is 1. The quantitative estimate of drug-likeness (QED) is 0.143. The first kappa shape index (κ1) is 29.8. The minimum Gasteiger partial charge on any atom is -0.507 e. The number of aromatic nitrogens is 3. The van der Waals surface area contributed by atoms with Gasteiger partial charge in [-0.2, -0.15) is 0 Å². The molecule has 8 heteroatoms. The second kappa shape index (κ2) is 15.5. The molecule has 0 bridgehead atoms. The van der Waals surface area contributed by atoms with Crippen LogP contribution in [0, 0.1) is 17.8 Å². The molecule has 3 aromatic rings. The molecule has 2 aliphatic rings. The van der Waals surface area contributed by atoms with E-state index in [1.807, 2.05) is 24.5 Å². The van der Waals surface area contributed by atoms with Gasteiger partial charge in [0.25, 0.3) is 0 Å². The number of pyridine rings is 1. The number of hydrogen-bond donors (Lipinski definition) is 1. The average Bonchev–Trinajstić information content (AvgIpc) is 3.42. The lowest BCUT2D eigenvalue weighted by molar-refractivity contribution is -0.142. The first-order valence-electron chi connectivity index (χ1n) is 15.1. The smallest absolute Gasteiger partial charge is 0.306 e. The molecule has 2 aromatic heterocycles. The first-order chi connectivity index (χ1) is 20.7. The molecule has 2 aliphatic carbocycles. The molecule has 0 amide bonds. The summed E-state index contributed by atoms with van der Waals surface area (Å²) in [5, 5.41) is 11.8. The molecule has 1 fully saturated rings. The summed E-state index contributed by atoms with van der Waals surface area (Å²) in [6.45, 7) is 0.277. The van der Waals surface area contributed by atoms with E-state index in [0.29, 0.717) is 23.0 Å². The molecule has 1 aromatic carbocycles. The van der Waals surface area contributed by atoms with Gasteiger partial charge in [0.05, 0.1) is 29.3 Å². The van der Waals surface area contributed by atoms with Crippen LogP contribution in [0.15, 0.2) is 66.2 Å². The lowest BCUT2D eigenvalue weighted by Crippen LogP contribution is -2.09. The number of allylic oxidation sites excluding steroid dienone is 1. The fourth-order valence-corrected chi connectivity index (χ4v) is 6.71. The monoisotopic (exact) mass is 585 g/mol. The third-order valence-electron chi connectivity index (χ3n) is 7.78. The predicted octanol–water partition coefficient (Wildman–Crippen LogP) is 7.40. The summed E-state index contributed by atoms with van der Waals surface area (Å²) in [5.74, 6) is 6.81. The van der Waals surface area contributed by atoms with Crippen LogP contribution in [0.2, 0.25) is 0 Å². The number of phenols is 1. The zero-order chi connectivity index (χ0) is 29.0. The molecule has 0 spiro atoms. The van der Waals surface area contributed by atoms with Crippen LogP contribution in [-0.2, 0) is 16.1 Å². The van der Waals surface area contributed by atoms with Gasteiger partial charge in [-0.15, -0.1) is 0 Å². The van der Waals surface area contributed by atoms with E-state index in [4.69, 9.17) is 14.5 Å². The molecule has 1 atom stereocenters. The third-order valence-corrected chi connectivity index (χ3v) is 8.97. The highest BCUT2D eigenvalue weighted by Crippen LogP contribution is 2.32. The molecule has 0 saturated heterocycles. The van der Waals surface area contributed by atoms with E-state index >= 15 is 0 Å². The number of imidazole rings is 1. The fraction of sp³-hybridized carbons (Fsp3) is 0.441. The van der Waals surface area contributed by atoms with Gasteiger partial charge in [0.2, 0.25) is 0 Å². The van der Waals surface area contributed by atoms with Crippen LogP contribution in [0.5, 0.6) is 11.5 Å². The molecule has 0 aliphatic heterocycles. The van der Waals surface area contributed by atoms with Crippen molar-refractivity contribution in [2.45, 2.75) is 87.6 Å². The Morgan fingerprint density at radius 1 is 1.12 bits per heavy atom. The molecular weight excluding hydrogens is 546 g/mol. The number of rotatable bonds is 11. The average molecular weight is 586 g/mol. The van der Waals surface area contributed by atoms with Crippen molar-refractivity contribution < 1.29 is 19.4 Å². The van der Waals surface area contributed by atoms with Gasteiger partial charge in [-0.25, -0.2) is 4.98 Å². The maximum atomic E-state index is 12.0. The Labute approximate surface area is 252 Å². The van der Waals surface area contributed by atoms with Gasteiger partial charge in [0.15, 0.2) is 11.8 Å². The van der Waals surface area contributed by atoms with Gasteiger partial charge in [-0.05, 0) is 62.3 Å². The van der Waals surface area contributed by atoms with Crippen molar-refractivity contribution in [3.63, 3.8) is 0 Å². The van der Waals surface area contributed by atoms with E-state index in [1.165, 1.54) is 38.5 Å². The lowest BCUT2D eigenvalue weighted by atomic mass is 9.86. The van der Waals surface area contributed by atoms with Gasteiger partial charge in [0.1, 0.15) is 18.1 Å². The van der Waals surface area contributed by atoms with Gasteiger partial charge >= 0.3 is 5.97 Å². The number of nitrogens with zero attached hydrogens (tertiary/aromatic N) is 3. The topological polar surface area (TPSA) is 86.5 Å². The highest BCUT2D eigenvalue weighted by molar-refractivity contribution is 7.99. The highest BCUT2D eigenvalue weighted by Gasteiger charge is 2.18. The molecular formula is C34H39N3O4S. The maximum Gasteiger partial charge on any atom is 0.306 e. The van der Waals surface area contributed by atoms with E-state index in [0.717, 1.165) is 48.1 Å². The van der Waals surface area contributed by atoms with Gasteiger partial charge < -0.3 is 14.6 Å². The summed E-state index contributed by atoms with van der Waals surface area (Å²) >= 11 is 1.75. The van der Waals surface area contributed by atoms with Crippen molar-refractivity contribution in [2.75, 3.05) is 6.61 Å². The van der Waals surface area contributed by atoms with Crippen molar-refractivity contribution in [3.05, 3.63) is 72.3 Å². The van der Waals surface area contributed by atoms with Crippen LogP contribution in [0.4, 0.5) is 0 Å². The van der Waals surface area contributed by atoms with Crippen molar-refractivity contribution in [2.24, 2.45) is 5.92 Å². The summed E-state index contributed by atoms with van der Waals surface area (Å²) in [4.78, 5) is 21.0. The molecule has 1 N–H and O–H groups in total. The van der Waals surface area contributed by atoms with Crippen LogP contribution < -0.4 is 4.74 Å². The molecule has 2 heterocycles. The molecule has 220 valence electrons. The van der Waals surface area contributed by atoms with E-state index in [9.17, 15) is 9.90 Å². The summed E-state index contributed by atoms with van der Waals surface area (Å²) in [5.41, 5.74) is 2.26. The third kappa shape index (κ3) is 8.65. The van der Waals surface area contributed by atoms with Gasteiger partial charge in [-0.3, -0.25) is 14.3 Å². The molecule has 5 rings (SSSR count). The van der Waals surface area contributed by atoms with Crippen LogP contribution in [0.1, 0.15) is 81.9 Å². The van der Waals surface area contributed by atoms with E-state index < -0.39 is 0 Å². The van der Waals surface area contributed by atoms with Crippen molar-refractivity contribution in [1.82, 2.24) is 14.5 Å². The maximum absolute atomic E-state index is 12.0. The number of hydrogen-bond acceptors (Lipinski definition) is 7. The van der Waals surface area contributed by atoms with Gasteiger partial charge in [0, 0.05) is 23.9 Å². The largest absolute Gasteiger partial charge is 0.507 e. The van der Waals surface area contributed by atoms with Crippen LogP contribution >= 0.6 is 11.8 Å². The number of carbonyl (C=O) groups is 1. The molecule has 1 saturated carbocycles. The fourth-order valence-electron chi connectivity index (χ4n) is 5.53. The Morgan fingerprint density at radius 2 is 2.02 bits per heavy atom. The number of aromatic hydroxyl groups is 1. The number of esters is 1. The summed E-state index contributed by atoms with van der Waals surface area (Å²) in [6, 6.07) is 8.94. The van der Waals surface area contributed by atoms with E-state index in [-0.39, 0.29) is 24.9 Å². The molecule has 1 unspecified atom stereocenters. The lowest BCUT2D eigenvalue weighted by Gasteiger charge is -2.20. The summed E-state index contributed by atoms with van der Waals surface area (Å²) in [7, 11) is 0. The minimum atomic E-state index is -0.213. The second-order valence-corrected chi connectivity index (χ2v) is 12.1. The van der Waals surface area contributed by atoms with Crippen molar-refractivity contribution in [1.29, 1.82) is 0 Å². The Morgan fingerprint density at radius 3 is 2.81 bits per heavy atom. The zero-order valence-electron chi connectivity index (χ0n) is 24.0. The van der Waals surface area contributed by atoms with Crippen molar-refractivity contribution >= 4 is 17.7 Å². The second-order valence-electron chi connectivity index (χ2n) is 10.9. The number of ether oxygens (including phenoxy) is 2. The molecule has 7 nitrogen and oxygen atoms in total. The Hall–Kier alpha value is -3.70. The Kier molecular flexibility index (Phi) is 11.0. The van der Waals surface area contributed by atoms with Gasteiger partial charge in [-0.1, -0.05) is 67.9 Å². The standard InChI is InChI=1S/C34H39N3O4S/c38-32-22-30(19-18-27(32)13-9-21-40-33(39)17-7-12-26-10-3-1-4-11-26)41-25-29-24-36-34(42-31-15-5-2-6-16-31)37(29)28-14-8-20-35-23-28/h5,8,14-15,18-20,22-24,26,31,38H,1-4,6-7,10-12,16-17,21,25H2. The molecule has 0 radical (unpaired) electrons. The van der Waals surface area contributed by atoms with Crippen LogP contribution in [-0.4, -0.2) is 37.5 Å². The minimum absolute atomic E-state index is 0.00921. The molecule has 42 heavy (non-hydrogen) atoms. The van der Waals surface area contributed by atoms with E-state index in [2.05, 4.69) is 33.5 Å². The Balaban J connectivity index is 1.13. The van der Waals surface area contributed by atoms with Crippen LogP contribution in [0.3, 0.4) is 0 Å². The first-order valence-corrected chi connectivity index (χ1v) is 15.9. The number of carbonyl (C=O) groups excluding carboxylic acids is 1. The highest BCUT2D eigenvalue weighted by atomic mass is 32.2. The summed E-state index contributed by atoms with van der Waals surface area (Å²) in [6.07, 6.45) is 22.4. The Bertz CT molecular complexity index is 1400. The van der Waals surface area contributed by atoms with Crippen LogP contribution in [0.25, 0.3) is 5.69 Å². The van der Waals surface area contributed by atoms with E-state index in [1.54, 1.807) is 36.2 Å². The SMILES string of the molecule is O=C(CCCC1CCCCC1)OCC#Cc1ccc(OCc2cnc(SC3C=CCCC3)n2-c2cccnc2)cc1O. The predicted molar refractivity (Wildman–Crippen MR) is 165 cm³/mol. The zero-order valence-corrected chi connectivity index (χ0v) is 24.9. The normalized spacial score (nSPS) is 16.9. The van der Waals surface area contributed by atoms with Crippen molar-refractivity contribution in [3.8, 4) is 29.0 Å².